The minimum atomic E-state index is -0.803. The summed E-state index contributed by atoms with van der Waals surface area (Å²) in [5.74, 6) is -0.991. The number of ether oxygens (including phenoxy) is 1. The second-order valence-corrected chi connectivity index (χ2v) is 5.36. The van der Waals surface area contributed by atoms with E-state index in [1.807, 2.05) is 0 Å². The Bertz CT molecular complexity index is 497. The van der Waals surface area contributed by atoms with Crippen LogP contribution in [0.25, 0.3) is 0 Å². The number of halogens is 1. The second-order valence-electron chi connectivity index (χ2n) is 5.36. The SMILES string of the molecule is C[C@@H](NC(=O)Nc1cccc(F)c1)C(=O)OC(C)(C)C. The lowest BCUT2D eigenvalue weighted by molar-refractivity contribution is -0.156. The number of benzene rings is 1. The zero-order chi connectivity index (χ0) is 15.3. The van der Waals surface area contributed by atoms with E-state index >= 15 is 0 Å². The monoisotopic (exact) mass is 282 g/mol. The second kappa shape index (κ2) is 6.36. The zero-order valence-electron chi connectivity index (χ0n) is 12.0. The Morgan fingerprint density at radius 3 is 2.50 bits per heavy atom. The fourth-order valence-electron chi connectivity index (χ4n) is 1.38. The number of rotatable bonds is 3. The first kappa shape index (κ1) is 15.9. The highest BCUT2D eigenvalue weighted by Gasteiger charge is 2.22. The molecule has 5 nitrogen and oxygen atoms in total. The molecule has 1 atom stereocenters. The summed E-state index contributed by atoms with van der Waals surface area (Å²) >= 11 is 0. The molecule has 1 aromatic rings. The summed E-state index contributed by atoms with van der Waals surface area (Å²) in [6.45, 7) is 6.73. The molecule has 1 aromatic carbocycles. The molecule has 1 rings (SSSR count). The van der Waals surface area contributed by atoms with E-state index in [0.717, 1.165) is 0 Å². The number of carbonyl (C=O) groups excluding carboxylic acids is 2. The first-order valence-corrected chi connectivity index (χ1v) is 6.23. The van der Waals surface area contributed by atoms with E-state index in [1.54, 1.807) is 26.8 Å². The van der Waals surface area contributed by atoms with Crippen LogP contribution in [0.3, 0.4) is 0 Å². The van der Waals surface area contributed by atoms with Gasteiger partial charge in [0, 0.05) is 5.69 Å². The average Bonchev–Trinajstić information content (AvgIpc) is 2.26. The Morgan fingerprint density at radius 2 is 1.95 bits per heavy atom. The van der Waals surface area contributed by atoms with Gasteiger partial charge in [-0.15, -0.1) is 0 Å². The summed E-state index contributed by atoms with van der Waals surface area (Å²) in [5, 5.41) is 4.86. The minimum Gasteiger partial charge on any atom is -0.458 e. The number of hydrogen-bond donors (Lipinski definition) is 2. The average molecular weight is 282 g/mol. The van der Waals surface area contributed by atoms with Crippen molar-refractivity contribution in [2.45, 2.75) is 39.3 Å². The lowest BCUT2D eigenvalue weighted by atomic mass is 10.2. The van der Waals surface area contributed by atoms with Crippen LogP contribution >= 0.6 is 0 Å². The fourth-order valence-corrected chi connectivity index (χ4v) is 1.38. The molecule has 0 bridgehead atoms. The molecule has 0 aliphatic rings. The number of anilines is 1. The maximum atomic E-state index is 12.9. The van der Waals surface area contributed by atoms with Crippen LogP contribution in [0, 0.1) is 5.82 Å². The van der Waals surface area contributed by atoms with E-state index in [-0.39, 0.29) is 0 Å². The van der Waals surface area contributed by atoms with Gasteiger partial charge in [-0.3, -0.25) is 0 Å². The highest BCUT2D eigenvalue weighted by atomic mass is 19.1. The molecule has 0 fully saturated rings. The van der Waals surface area contributed by atoms with Crippen LogP contribution in [0.2, 0.25) is 0 Å². The Morgan fingerprint density at radius 1 is 1.30 bits per heavy atom. The zero-order valence-corrected chi connectivity index (χ0v) is 12.0. The highest BCUT2D eigenvalue weighted by molar-refractivity contribution is 5.92. The predicted octanol–water partition coefficient (Wildman–Crippen LogP) is 2.68. The van der Waals surface area contributed by atoms with Crippen molar-refractivity contribution in [3.8, 4) is 0 Å². The number of esters is 1. The largest absolute Gasteiger partial charge is 0.458 e. The highest BCUT2D eigenvalue weighted by Crippen LogP contribution is 2.10. The molecular weight excluding hydrogens is 263 g/mol. The Hall–Kier alpha value is -2.11. The fraction of sp³-hybridized carbons (Fsp3) is 0.429. The van der Waals surface area contributed by atoms with Gasteiger partial charge in [-0.2, -0.15) is 0 Å². The quantitative estimate of drug-likeness (QED) is 0.838. The van der Waals surface area contributed by atoms with Gasteiger partial charge in [-0.25, -0.2) is 14.0 Å². The number of nitrogens with one attached hydrogen (secondary N) is 2. The molecule has 20 heavy (non-hydrogen) atoms. The lowest BCUT2D eigenvalue weighted by Crippen LogP contribution is -2.43. The number of amides is 2. The van der Waals surface area contributed by atoms with Crippen molar-refractivity contribution in [3.63, 3.8) is 0 Å². The predicted molar refractivity (Wildman–Crippen MR) is 73.9 cm³/mol. The molecule has 0 heterocycles. The van der Waals surface area contributed by atoms with Crippen molar-refractivity contribution in [2.75, 3.05) is 5.32 Å². The van der Waals surface area contributed by atoms with Crippen molar-refractivity contribution in [1.82, 2.24) is 5.32 Å². The van der Waals surface area contributed by atoms with Crippen LogP contribution in [0.4, 0.5) is 14.9 Å². The third-order valence-corrected chi connectivity index (χ3v) is 2.19. The van der Waals surface area contributed by atoms with E-state index in [2.05, 4.69) is 10.6 Å². The van der Waals surface area contributed by atoms with E-state index in [4.69, 9.17) is 4.74 Å². The summed E-state index contributed by atoms with van der Waals surface area (Å²) in [5.41, 5.74) is -0.314. The van der Waals surface area contributed by atoms with Gasteiger partial charge in [-0.05, 0) is 45.9 Å². The van der Waals surface area contributed by atoms with Crippen LogP contribution in [-0.2, 0) is 9.53 Å². The minimum absolute atomic E-state index is 0.305. The Labute approximate surface area is 117 Å². The summed E-state index contributed by atoms with van der Waals surface area (Å²) in [4.78, 5) is 23.3. The first-order valence-electron chi connectivity index (χ1n) is 6.23. The summed E-state index contributed by atoms with van der Waals surface area (Å²) in [6.07, 6.45) is 0. The van der Waals surface area contributed by atoms with Crippen LogP contribution < -0.4 is 10.6 Å². The molecule has 110 valence electrons. The molecule has 0 saturated heterocycles. The van der Waals surface area contributed by atoms with Gasteiger partial charge in [-0.1, -0.05) is 6.07 Å². The standard InChI is InChI=1S/C14H19FN2O3/c1-9(12(18)20-14(2,3)4)16-13(19)17-11-7-5-6-10(15)8-11/h5-9H,1-4H3,(H2,16,17,19)/t9-/m1/s1. The molecule has 0 saturated carbocycles. The van der Waals surface area contributed by atoms with Crippen molar-refractivity contribution in [2.24, 2.45) is 0 Å². The van der Waals surface area contributed by atoms with Crippen molar-refractivity contribution >= 4 is 17.7 Å². The first-order chi connectivity index (χ1) is 9.17. The van der Waals surface area contributed by atoms with Gasteiger partial charge in [0.25, 0.3) is 0 Å². The van der Waals surface area contributed by atoms with Crippen LogP contribution in [0.5, 0.6) is 0 Å². The van der Waals surface area contributed by atoms with Crippen molar-refractivity contribution < 1.29 is 18.7 Å². The topological polar surface area (TPSA) is 67.4 Å². The number of carbonyl (C=O) groups is 2. The molecule has 0 aliphatic carbocycles. The smallest absolute Gasteiger partial charge is 0.328 e. The van der Waals surface area contributed by atoms with E-state index in [9.17, 15) is 14.0 Å². The van der Waals surface area contributed by atoms with Gasteiger partial charge in [0.1, 0.15) is 17.5 Å². The molecule has 0 radical (unpaired) electrons. The molecule has 2 N–H and O–H groups in total. The van der Waals surface area contributed by atoms with Gasteiger partial charge in [0.15, 0.2) is 0 Å². The number of hydrogen-bond acceptors (Lipinski definition) is 3. The Kier molecular flexibility index (Phi) is 5.07. The third-order valence-electron chi connectivity index (χ3n) is 2.19. The molecule has 0 aliphatic heterocycles. The van der Waals surface area contributed by atoms with Gasteiger partial charge in [0.05, 0.1) is 0 Å². The van der Waals surface area contributed by atoms with Crippen LogP contribution in [0.1, 0.15) is 27.7 Å². The third kappa shape index (κ3) is 5.69. The summed E-state index contributed by atoms with van der Waals surface area (Å²) in [7, 11) is 0. The Balaban J connectivity index is 2.52. The van der Waals surface area contributed by atoms with Gasteiger partial charge < -0.3 is 15.4 Å². The summed E-state index contributed by atoms with van der Waals surface area (Å²) in [6, 6.07) is 4.06. The molecule has 0 aromatic heterocycles. The van der Waals surface area contributed by atoms with E-state index in [1.165, 1.54) is 25.1 Å². The van der Waals surface area contributed by atoms with Crippen LogP contribution in [0.15, 0.2) is 24.3 Å². The molecule has 6 heteroatoms. The molecular formula is C14H19FN2O3. The molecule has 2 amide bonds. The molecule has 0 unspecified atom stereocenters. The maximum Gasteiger partial charge on any atom is 0.328 e. The van der Waals surface area contributed by atoms with E-state index < -0.39 is 29.5 Å². The maximum absolute atomic E-state index is 12.9. The van der Waals surface area contributed by atoms with Crippen molar-refractivity contribution in [3.05, 3.63) is 30.1 Å². The summed E-state index contributed by atoms with van der Waals surface area (Å²) < 4.78 is 18.1. The van der Waals surface area contributed by atoms with Crippen LogP contribution in [-0.4, -0.2) is 23.6 Å². The lowest BCUT2D eigenvalue weighted by Gasteiger charge is -2.22. The molecule has 0 spiro atoms. The number of urea groups is 1. The van der Waals surface area contributed by atoms with Gasteiger partial charge >= 0.3 is 12.0 Å². The normalized spacial score (nSPS) is 12.4. The van der Waals surface area contributed by atoms with E-state index in [0.29, 0.717) is 5.69 Å². The van der Waals surface area contributed by atoms with Crippen molar-refractivity contribution in [1.29, 1.82) is 0 Å². The van der Waals surface area contributed by atoms with Gasteiger partial charge in [0.2, 0.25) is 0 Å².